The molecule has 1 fully saturated rings. The molecule has 0 aliphatic carbocycles. The lowest BCUT2D eigenvalue weighted by molar-refractivity contribution is 0.306. The maximum atomic E-state index is 13.0. The monoisotopic (exact) mass is 384 g/mol. The van der Waals surface area contributed by atoms with Gasteiger partial charge >= 0.3 is 0 Å². The van der Waals surface area contributed by atoms with Gasteiger partial charge in [-0.3, -0.25) is 9.58 Å². The quantitative estimate of drug-likeness (QED) is 0.679. The molecule has 1 aliphatic rings. The Hall–Kier alpha value is -2.38. The number of hydrogen-bond donors (Lipinski definition) is 0. The van der Waals surface area contributed by atoms with Crippen LogP contribution in [0.25, 0.3) is 0 Å². The molecule has 0 bridgehead atoms. The average Bonchev–Trinajstić information content (AvgIpc) is 3.37. The zero-order chi connectivity index (χ0) is 19.0. The Morgan fingerprint density at radius 2 is 1.89 bits per heavy atom. The lowest BCUT2D eigenvalue weighted by Gasteiger charge is -2.18. The van der Waals surface area contributed by atoms with Gasteiger partial charge in [0.25, 0.3) is 10.0 Å². The van der Waals surface area contributed by atoms with E-state index in [1.165, 1.54) is 9.67 Å². The summed E-state index contributed by atoms with van der Waals surface area (Å²) in [6.45, 7) is 6.50. The van der Waals surface area contributed by atoms with Crippen molar-refractivity contribution in [2.45, 2.75) is 37.8 Å². The van der Waals surface area contributed by atoms with Crippen molar-refractivity contribution in [2.24, 2.45) is 0 Å². The molecule has 6 nitrogen and oxygen atoms in total. The van der Waals surface area contributed by atoms with Crippen LogP contribution in [0.4, 0.5) is 0 Å². The third-order valence-electron chi connectivity index (χ3n) is 5.12. The number of aromatic nitrogens is 3. The first-order chi connectivity index (χ1) is 12.9. The molecule has 7 heteroatoms. The molecule has 0 N–H and O–H groups in total. The lowest BCUT2D eigenvalue weighted by atomic mass is 10.2. The van der Waals surface area contributed by atoms with E-state index in [1.54, 1.807) is 36.5 Å². The Labute approximate surface area is 160 Å². The molecule has 2 aromatic heterocycles. The van der Waals surface area contributed by atoms with Gasteiger partial charge in [-0.2, -0.15) is 5.10 Å². The molecule has 3 heterocycles. The fourth-order valence-corrected chi connectivity index (χ4v) is 5.25. The van der Waals surface area contributed by atoms with Crippen molar-refractivity contribution in [3.63, 3.8) is 0 Å². The Morgan fingerprint density at radius 1 is 1.11 bits per heavy atom. The average molecular weight is 385 g/mol. The highest BCUT2D eigenvalue weighted by Gasteiger charge is 2.27. The molecule has 0 radical (unpaired) electrons. The highest BCUT2D eigenvalue weighted by molar-refractivity contribution is 7.90. The molecular weight excluding hydrogens is 360 g/mol. The first-order valence-corrected chi connectivity index (χ1v) is 10.6. The van der Waals surface area contributed by atoms with Gasteiger partial charge in [0, 0.05) is 37.2 Å². The minimum absolute atomic E-state index is 0.310. The zero-order valence-corrected chi connectivity index (χ0v) is 16.4. The second-order valence-corrected chi connectivity index (χ2v) is 8.98. The summed E-state index contributed by atoms with van der Waals surface area (Å²) in [4.78, 5) is 2.61. The summed E-state index contributed by atoms with van der Waals surface area (Å²) in [7, 11) is -3.56. The van der Waals surface area contributed by atoms with Crippen LogP contribution in [0, 0.1) is 13.8 Å². The molecular formula is C20H24N4O2S. The summed E-state index contributed by atoms with van der Waals surface area (Å²) in [6, 6.07) is 14.7. The van der Waals surface area contributed by atoms with E-state index in [-0.39, 0.29) is 0 Å². The molecule has 1 atom stereocenters. The summed E-state index contributed by atoms with van der Waals surface area (Å²) in [5.74, 6) is 0. The van der Waals surface area contributed by atoms with Crippen LogP contribution < -0.4 is 0 Å². The molecule has 4 rings (SSSR count). The van der Waals surface area contributed by atoms with Gasteiger partial charge < -0.3 is 0 Å². The van der Waals surface area contributed by atoms with Crippen molar-refractivity contribution < 1.29 is 8.42 Å². The molecule has 0 unspecified atom stereocenters. The van der Waals surface area contributed by atoms with E-state index in [2.05, 4.69) is 27.7 Å². The molecule has 0 saturated carbocycles. The molecule has 142 valence electrons. The van der Waals surface area contributed by atoms with Crippen LogP contribution in [0.5, 0.6) is 0 Å². The fraction of sp³-hybridized carbons (Fsp3) is 0.350. The number of benzene rings is 1. The van der Waals surface area contributed by atoms with Crippen LogP contribution in [-0.4, -0.2) is 40.2 Å². The van der Waals surface area contributed by atoms with E-state index in [0.29, 0.717) is 17.5 Å². The van der Waals surface area contributed by atoms with Crippen LogP contribution in [-0.2, 0) is 16.6 Å². The van der Waals surface area contributed by atoms with Gasteiger partial charge in [0.1, 0.15) is 0 Å². The van der Waals surface area contributed by atoms with E-state index >= 15 is 0 Å². The highest BCUT2D eigenvalue weighted by atomic mass is 32.2. The smallest absolute Gasteiger partial charge is 0.267 e. The SMILES string of the molecule is Cc1cc(C)n([C@@H]2CCN(Cc3cccn3S(=O)(=O)c3ccccc3)C2)n1. The predicted octanol–water partition coefficient (Wildman–Crippen LogP) is 2.99. The van der Waals surface area contributed by atoms with Crippen LogP contribution in [0.1, 0.15) is 29.5 Å². The molecule has 0 spiro atoms. The summed E-state index contributed by atoms with van der Waals surface area (Å²) >= 11 is 0. The van der Waals surface area contributed by atoms with Gasteiger partial charge in [0.2, 0.25) is 0 Å². The van der Waals surface area contributed by atoms with E-state index in [1.807, 2.05) is 19.1 Å². The minimum Gasteiger partial charge on any atom is -0.295 e. The van der Waals surface area contributed by atoms with Gasteiger partial charge in [0.05, 0.1) is 16.6 Å². The second-order valence-electron chi connectivity index (χ2n) is 7.16. The van der Waals surface area contributed by atoms with E-state index in [9.17, 15) is 8.42 Å². The van der Waals surface area contributed by atoms with Gasteiger partial charge in [-0.1, -0.05) is 18.2 Å². The van der Waals surface area contributed by atoms with Gasteiger partial charge in [-0.15, -0.1) is 0 Å². The van der Waals surface area contributed by atoms with Crippen LogP contribution >= 0.6 is 0 Å². The first-order valence-electron chi connectivity index (χ1n) is 9.17. The number of nitrogens with zero attached hydrogens (tertiary/aromatic N) is 4. The van der Waals surface area contributed by atoms with Crippen molar-refractivity contribution >= 4 is 10.0 Å². The van der Waals surface area contributed by atoms with Crippen molar-refractivity contribution in [1.29, 1.82) is 0 Å². The molecule has 1 saturated heterocycles. The fourth-order valence-electron chi connectivity index (χ4n) is 3.86. The maximum Gasteiger partial charge on any atom is 0.267 e. The number of rotatable bonds is 5. The Morgan fingerprint density at radius 3 is 2.59 bits per heavy atom. The van der Waals surface area contributed by atoms with Crippen molar-refractivity contribution in [3.8, 4) is 0 Å². The predicted molar refractivity (Wildman–Crippen MR) is 104 cm³/mol. The van der Waals surface area contributed by atoms with E-state index in [0.717, 1.165) is 30.9 Å². The summed E-state index contributed by atoms with van der Waals surface area (Å²) < 4.78 is 29.4. The molecule has 1 aliphatic heterocycles. The normalized spacial score (nSPS) is 18.2. The molecule has 3 aromatic rings. The molecule has 27 heavy (non-hydrogen) atoms. The second kappa shape index (κ2) is 6.98. The minimum atomic E-state index is -3.56. The standard InChI is InChI=1S/C20H24N4O2S/c1-16-13-17(2)24(21-16)19-10-12-22(15-19)14-18-7-6-11-23(18)27(25,26)20-8-4-3-5-9-20/h3-9,11,13,19H,10,12,14-15H2,1-2H3/t19-/m1/s1. The molecule has 0 amide bonds. The third kappa shape index (κ3) is 3.44. The van der Waals surface area contributed by atoms with Crippen LogP contribution in [0.15, 0.2) is 59.6 Å². The van der Waals surface area contributed by atoms with Gasteiger partial charge in [0.15, 0.2) is 0 Å². The zero-order valence-electron chi connectivity index (χ0n) is 15.6. The third-order valence-corrected chi connectivity index (χ3v) is 6.86. The number of aryl methyl sites for hydroxylation is 2. The van der Waals surface area contributed by atoms with Crippen molar-refractivity contribution in [1.82, 2.24) is 18.7 Å². The molecule has 1 aromatic carbocycles. The summed E-state index contributed by atoms with van der Waals surface area (Å²) in [6.07, 6.45) is 2.65. The summed E-state index contributed by atoms with van der Waals surface area (Å²) in [5, 5.41) is 4.61. The van der Waals surface area contributed by atoms with E-state index in [4.69, 9.17) is 0 Å². The van der Waals surface area contributed by atoms with E-state index < -0.39 is 10.0 Å². The van der Waals surface area contributed by atoms with Crippen molar-refractivity contribution in [3.05, 3.63) is 71.8 Å². The van der Waals surface area contributed by atoms with Gasteiger partial charge in [-0.25, -0.2) is 12.4 Å². The summed E-state index contributed by atoms with van der Waals surface area (Å²) in [5.41, 5.74) is 3.00. The largest absolute Gasteiger partial charge is 0.295 e. The maximum absolute atomic E-state index is 13.0. The number of hydrogen-bond acceptors (Lipinski definition) is 4. The van der Waals surface area contributed by atoms with Gasteiger partial charge in [-0.05, 0) is 50.6 Å². The highest BCUT2D eigenvalue weighted by Crippen LogP contribution is 2.25. The Kier molecular flexibility index (Phi) is 4.65. The number of likely N-dealkylation sites (tertiary alicyclic amines) is 1. The first kappa shape index (κ1) is 18.0. The van der Waals surface area contributed by atoms with Crippen molar-refractivity contribution in [2.75, 3.05) is 13.1 Å². The van der Waals surface area contributed by atoms with Crippen LogP contribution in [0.2, 0.25) is 0 Å². The Balaban J connectivity index is 1.52. The topological polar surface area (TPSA) is 60.1 Å². The Bertz CT molecular complexity index is 1040. The van der Waals surface area contributed by atoms with Crippen LogP contribution in [0.3, 0.4) is 0 Å². The lowest BCUT2D eigenvalue weighted by Crippen LogP contribution is -2.25.